The van der Waals surface area contributed by atoms with Crippen LogP contribution in [0.3, 0.4) is 0 Å². The second-order valence-electron chi connectivity index (χ2n) is 4.05. The standard InChI is InChI=1S/C13H24O6/c1-5-13(6-2,11(14)18-9-7-16-3)12(15)19-10-8-17-4/h5-10H2,1-4H3. The number of methoxy groups -OCH3 is 2. The third kappa shape index (κ3) is 5.16. The van der Waals surface area contributed by atoms with Gasteiger partial charge in [-0.2, -0.15) is 0 Å². The Bertz CT molecular complexity index is 248. The van der Waals surface area contributed by atoms with E-state index in [1.54, 1.807) is 13.8 Å². The van der Waals surface area contributed by atoms with E-state index in [2.05, 4.69) is 0 Å². The van der Waals surface area contributed by atoms with Gasteiger partial charge in [-0.3, -0.25) is 9.59 Å². The van der Waals surface area contributed by atoms with E-state index in [9.17, 15) is 9.59 Å². The minimum Gasteiger partial charge on any atom is -0.462 e. The van der Waals surface area contributed by atoms with Gasteiger partial charge in [-0.15, -0.1) is 0 Å². The highest BCUT2D eigenvalue weighted by Gasteiger charge is 2.45. The molecular formula is C13H24O6. The third-order valence-electron chi connectivity index (χ3n) is 3.03. The first-order chi connectivity index (χ1) is 9.08. The van der Waals surface area contributed by atoms with Crippen LogP contribution in [0.4, 0.5) is 0 Å². The second-order valence-corrected chi connectivity index (χ2v) is 4.05. The van der Waals surface area contributed by atoms with Gasteiger partial charge in [-0.1, -0.05) is 13.8 Å². The molecule has 0 spiro atoms. The van der Waals surface area contributed by atoms with Gasteiger partial charge >= 0.3 is 11.9 Å². The number of hydrogen-bond donors (Lipinski definition) is 0. The summed E-state index contributed by atoms with van der Waals surface area (Å²) in [5.41, 5.74) is -1.23. The molecule has 0 rings (SSSR count). The average Bonchev–Trinajstić information content (AvgIpc) is 2.41. The van der Waals surface area contributed by atoms with E-state index in [0.717, 1.165) is 0 Å². The highest BCUT2D eigenvalue weighted by molar-refractivity contribution is 5.99. The minimum absolute atomic E-state index is 0.127. The molecule has 0 saturated carbocycles. The summed E-state index contributed by atoms with van der Waals surface area (Å²) >= 11 is 0. The van der Waals surface area contributed by atoms with E-state index in [1.807, 2.05) is 0 Å². The number of ether oxygens (including phenoxy) is 4. The Labute approximate surface area is 114 Å². The van der Waals surface area contributed by atoms with Crippen LogP contribution in [0.25, 0.3) is 0 Å². The SMILES string of the molecule is CCC(CC)(C(=O)OCCOC)C(=O)OCCOC. The predicted octanol–water partition coefficient (Wildman–Crippen LogP) is 1.17. The zero-order chi connectivity index (χ0) is 14.7. The molecule has 0 heterocycles. The first kappa shape index (κ1) is 17.9. The molecule has 0 aromatic heterocycles. The van der Waals surface area contributed by atoms with Crippen molar-refractivity contribution in [3.8, 4) is 0 Å². The van der Waals surface area contributed by atoms with Crippen molar-refractivity contribution in [2.24, 2.45) is 5.41 Å². The zero-order valence-electron chi connectivity index (χ0n) is 12.2. The first-order valence-corrected chi connectivity index (χ1v) is 6.41. The van der Waals surface area contributed by atoms with Gasteiger partial charge in [0, 0.05) is 14.2 Å². The van der Waals surface area contributed by atoms with E-state index in [-0.39, 0.29) is 13.2 Å². The number of esters is 2. The fourth-order valence-corrected chi connectivity index (χ4v) is 1.62. The molecule has 0 atom stereocenters. The Morgan fingerprint density at radius 3 is 1.42 bits per heavy atom. The van der Waals surface area contributed by atoms with Crippen molar-refractivity contribution in [1.82, 2.24) is 0 Å². The number of hydrogen-bond acceptors (Lipinski definition) is 6. The summed E-state index contributed by atoms with van der Waals surface area (Å²) in [6, 6.07) is 0. The maximum absolute atomic E-state index is 12.1. The molecule has 0 aromatic carbocycles. The molecule has 19 heavy (non-hydrogen) atoms. The molecule has 112 valence electrons. The number of carbonyl (C=O) groups excluding carboxylic acids is 2. The summed E-state index contributed by atoms with van der Waals surface area (Å²) in [5.74, 6) is -1.12. The molecule has 0 aliphatic carbocycles. The maximum Gasteiger partial charge on any atom is 0.323 e. The van der Waals surface area contributed by atoms with Crippen LogP contribution in [0.2, 0.25) is 0 Å². The van der Waals surface area contributed by atoms with Crippen LogP contribution in [0.5, 0.6) is 0 Å². The van der Waals surface area contributed by atoms with Crippen LogP contribution >= 0.6 is 0 Å². The van der Waals surface area contributed by atoms with Crippen LogP contribution in [-0.4, -0.2) is 52.6 Å². The van der Waals surface area contributed by atoms with Crippen LogP contribution in [0.15, 0.2) is 0 Å². The molecule has 6 heteroatoms. The lowest BCUT2D eigenvalue weighted by Crippen LogP contribution is -2.41. The summed E-state index contributed by atoms with van der Waals surface area (Å²) in [6.45, 7) is 4.38. The van der Waals surface area contributed by atoms with Gasteiger partial charge in [0.1, 0.15) is 13.2 Å². The normalized spacial score (nSPS) is 11.2. The average molecular weight is 276 g/mol. The van der Waals surface area contributed by atoms with Crippen molar-refractivity contribution in [3.63, 3.8) is 0 Å². The molecule has 0 unspecified atom stereocenters. The van der Waals surface area contributed by atoms with Crippen molar-refractivity contribution in [2.75, 3.05) is 40.6 Å². The molecule has 0 bridgehead atoms. The monoisotopic (exact) mass is 276 g/mol. The van der Waals surface area contributed by atoms with Crippen molar-refractivity contribution >= 4 is 11.9 Å². The smallest absolute Gasteiger partial charge is 0.323 e. The summed E-state index contributed by atoms with van der Waals surface area (Å²) < 4.78 is 19.7. The molecule has 0 saturated heterocycles. The largest absolute Gasteiger partial charge is 0.462 e. The lowest BCUT2D eigenvalue weighted by molar-refractivity contribution is -0.174. The lowest BCUT2D eigenvalue weighted by atomic mass is 9.82. The molecule has 0 aliphatic rings. The second kappa shape index (κ2) is 9.75. The van der Waals surface area contributed by atoms with Crippen molar-refractivity contribution in [3.05, 3.63) is 0 Å². The van der Waals surface area contributed by atoms with Crippen LogP contribution < -0.4 is 0 Å². The highest BCUT2D eigenvalue weighted by atomic mass is 16.6. The lowest BCUT2D eigenvalue weighted by Gasteiger charge is -2.26. The minimum atomic E-state index is -1.23. The van der Waals surface area contributed by atoms with E-state index in [0.29, 0.717) is 26.1 Å². The quantitative estimate of drug-likeness (QED) is 0.339. The number of carbonyl (C=O) groups is 2. The highest BCUT2D eigenvalue weighted by Crippen LogP contribution is 2.30. The van der Waals surface area contributed by atoms with E-state index >= 15 is 0 Å². The third-order valence-corrected chi connectivity index (χ3v) is 3.03. The molecular weight excluding hydrogens is 252 g/mol. The van der Waals surface area contributed by atoms with E-state index < -0.39 is 17.4 Å². The predicted molar refractivity (Wildman–Crippen MR) is 68.7 cm³/mol. The molecule has 6 nitrogen and oxygen atoms in total. The van der Waals surface area contributed by atoms with E-state index in [1.165, 1.54) is 14.2 Å². The molecule has 0 N–H and O–H groups in total. The van der Waals surface area contributed by atoms with Gasteiger partial charge in [-0.05, 0) is 12.8 Å². The Balaban J connectivity index is 4.62. The Hall–Kier alpha value is -1.14. The van der Waals surface area contributed by atoms with Gasteiger partial charge < -0.3 is 18.9 Å². The Morgan fingerprint density at radius 2 is 1.16 bits per heavy atom. The van der Waals surface area contributed by atoms with Gasteiger partial charge in [0.05, 0.1) is 13.2 Å². The van der Waals surface area contributed by atoms with Crippen LogP contribution in [0, 0.1) is 5.41 Å². The van der Waals surface area contributed by atoms with Crippen LogP contribution in [0.1, 0.15) is 26.7 Å². The molecule has 0 fully saturated rings. The molecule has 0 aromatic rings. The maximum atomic E-state index is 12.1. The van der Waals surface area contributed by atoms with Crippen molar-refractivity contribution in [1.29, 1.82) is 0 Å². The summed E-state index contributed by atoms with van der Waals surface area (Å²) in [5, 5.41) is 0. The fraction of sp³-hybridized carbons (Fsp3) is 0.846. The molecule has 0 aliphatic heterocycles. The summed E-state index contributed by atoms with van der Waals surface area (Å²) in [6.07, 6.45) is 0.669. The van der Waals surface area contributed by atoms with Gasteiger partial charge in [0.25, 0.3) is 0 Å². The van der Waals surface area contributed by atoms with Crippen molar-refractivity contribution in [2.45, 2.75) is 26.7 Å². The van der Waals surface area contributed by atoms with Crippen LogP contribution in [-0.2, 0) is 28.5 Å². The number of rotatable bonds is 10. The van der Waals surface area contributed by atoms with Gasteiger partial charge in [-0.25, -0.2) is 0 Å². The van der Waals surface area contributed by atoms with Crippen molar-refractivity contribution < 1.29 is 28.5 Å². The fourth-order valence-electron chi connectivity index (χ4n) is 1.62. The topological polar surface area (TPSA) is 71.1 Å². The first-order valence-electron chi connectivity index (χ1n) is 6.41. The summed E-state index contributed by atoms with van der Waals surface area (Å²) in [4.78, 5) is 24.1. The van der Waals surface area contributed by atoms with Gasteiger partial charge in [0.2, 0.25) is 0 Å². The Morgan fingerprint density at radius 1 is 0.789 bits per heavy atom. The van der Waals surface area contributed by atoms with Gasteiger partial charge in [0.15, 0.2) is 5.41 Å². The zero-order valence-corrected chi connectivity index (χ0v) is 12.2. The molecule has 0 amide bonds. The Kier molecular flexibility index (Phi) is 9.16. The molecule has 0 radical (unpaired) electrons. The summed E-state index contributed by atoms with van der Waals surface area (Å²) in [7, 11) is 3.03. The van der Waals surface area contributed by atoms with E-state index in [4.69, 9.17) is 18.9 Å².